The Bertz CT molecular complexity index is 674. The Labute approximate surface area is 142 Å². The van der Waals surface area contributed by atoms with Crippen LogP contribution in [0.5, 0.6) is 0 Å². The van der Waals surface area contributed by atoms with Crippen LogP contribution >= 0.6 is 0 Å². The van der Waals surface area contributed by atoms with E-state index in [-0.39, 0.29) is 18.2 Å². The fourth-order valence-corrected chi connectivity index (χ4v) is 2.71. The van der Waals surface area contributed by atoms with Crippen molar-refractivity contribution in [3.63, 3.8) is 0 Å². The molecule has 0 unspecified atom stereocenters. The average Bonchev–Trinajstić information content (AvgIpc) is 2.44. The van der Waals surface area contributed by atoms with E-state index in [4.69, 9.17) is 0 Å². The Morgan fingerprint density at radius 3 is 2.42 bits per heavy atom. The van der Waals surface area contributed by atoms with E-state index in [0.717, 1.165) is 0 Å². The van der Waals surface area contributed by atoms with Crippen molar-refractivity contribution in [3.8, 4) is 0 Å². The molecular weight excluding hydrogens is 332 g/mol. The minimum absolute atomic E-state index is 0.00928. The maximum Gasteiger partial charge on any atom is 0.314 e. The number of anilines is 2. The number of carbonyl (C=O) groups is 2. The summed E-state index contributed by atoms with van der Waals surface area (Å²) in [5.74, 6) is -0.185. The summed E-state index contributed by atoms with van der Waals surface area (Å²) in [6.45, 7) is 5.80. The zero-order chi connectivity index (χ0) is 18.2. The molecule has 0 aromatic heterocycles. The van der Waals surface area contributed by atoms with Gasteiger partial charge in [-0.15, -0.1) is 0 Å². The highest BCUT2D eigenvalue weighted by Gasteiger charge is 2.12. The Balaban J connectivity index is 2.49. The summed E-state index contributed by atoms with van der Waals surface area (Å²) >= 11 is 0. The van der Waals surface area contributed by atoms with Gasteiger partial charge >= 0.3 is 6.03 Å². The van der Waals surface area contributed by atoms with Gasteiger partial charge in [0.2, 0.25) is 15.9 Å². The molecule has 1 aromatic carbocycles. The second kappa shape index (κ2) is 9.11. The van der Waals surface area contributed by atoms with Crippen LogP contribution in [0, 0.1) is 5.92 Å². The van der Waals surface area contributed by atoms with E-state index in [9.17, 15) is 18.0 Å². The van der Waals surface area contributed by atoms with E-state index in [1.54, 1.807) is 18.2 Å². The number of carbonyl (C=O) groups excluding carboxylic acids is 2. The summed E-state index contributed by atoms with van der Waals surface area (Å²) in [7, 11) is -3.61. The summed E-state index contributed by atoms with van der Waals surface area (Å²) in [6.07, 6.45) is 0. The first-order valence-corrected chi connectivity index (χ1v) is 9.23. The Kier molecular flexibility index (Phi) is 7.50. The van der Waals surface area contributed by atoms with Crippen molar-refractivity contribution in [1.82, 2.24) is 10.6 Å². The van der Waals surface area contributed by atoms with Gasteiger partial charge in [0.15, 0.2) is 0 Å². The normalized spacial score (nSPS) is 11.0. The maximum atomic E-state index is 12.0. The van der Waals surface area contributed by atoms with Gasteiger partial charge in [0.1, 0.15) is 0 Å². The second-order valence-corrected chi connectivity index (χ2v) is 7.56. The maximum absolute atomic E-state index is 12.0. The molecule has 0 aliphatic heterocycles. The third-order valence-electron chi connectivity index (χ3n) is 2.78. The molecule has 0 saturated carbocycles. The van der Waals surface area contributed by atoms with Crippen LogP contribution in [-0.2, 0) is 14.8 Å². The third kappa shape index (κ3) is 8.37. The van der Waals surface area contributed by atoms with Crippen LogP contribution in [0.3, 0.4) is 0 Å². The van der Waals surface area contributed by atoms with Crippen molar-refractivity contribution in [2.45, 2.75) is 20.8 Å². The molecule has 8 nitrogen and oxygen atoms in total. The smallest absolute Gasteiger partial charge is 0.314 e. The van der Waals surface area contributed by atoms with Crippen LogP contribution in [0.25, 0.3) is 0 Å². The highest BCUT2D eigenvalue weighted by atomic mass is 32.2. The van der Waals surface area contributed by atoms with Gasteiger partial charge < -0.3 is 16.0 Å². The van der Waals surface area contributed by atoms with E-state index in [1.165, 1.54) is 13.0 Å². The fraction of sp³-hybridized carbons (Fsp3) is 0.467. The highest BCUT2D eigenvalue weighted by molar-refractivity contribution is 7.92. The fourth-order valence-electron chi connectivity index (χ4n) is 1.75. The van der Waals surface area contributed by atoms with Crippen molar-refractivity contribution < 1.29 is 18.0 Å². The Morgan fingerprint density at radius 2 is 1.79 bits per heavy atom. The highest BCUT2D eigenvalue weighted by Crippen LogP contribution is 2.16. The van der Waals surface area contributed by atoms with E-state index in [0.29, 0.717) is 23.8 Å². The lowest BCUT2D eigenvalue weighted by Crippen LogP contribution is -2.40. The summed E-state index contributed by atoms with van der Waals surface area (Å²) in [5.41, 5.74) is 0.833. The van der Waals surface area contributed by atoms with Gasteiger partial charge in [-0.2, -0.15) is 0 Å². The first-order chi connectivity index (χ1) is 11.2. The topological polar surface area (TPSA) is 116 Å². The monoisotopic (exact) mass is 356 g/mol. The molecule has 0 fully saturated rings. The van der Waals surface area contributed by atoms with Crippen molar-refractivity contribution in [2.75, 3.05) is 28.9 Å². The molecule has 1 aromatic rings. The largest absolute Gasteiger partial charge is 0.338 e. The predicted octanol–water partition coefficient (Wildman–Crippen LogP) is 1.34. The van der Waals surface area contributed by atoms with Crippen LogP contribution in [-0.4, -0.2) is 39.2 Å². The summed E-state index contributed by atoms with van der Waals surface area (Å²) in [4.78, 5) is 22.5. The van der Waals surface area contributed by atoms with Crippen molar-refractivity contribution >= 4 is 33.3 Å². The van der Waals surface area contributed by atoms with Gasteiger partial charge in [-0.25, -0.2) is 13.2 Å². The molecule has 0 aliphatic rings. The van der Waals surface area contributed by atoms with Gasteiger partial charge in [-0.05, 0) is 24.1 Å². The molecule has 0 saturated heterocycles. The minimum atomic E-state index is -3.61. The molecule has 0 heterocycles. The molecule has 0 radical (unpaired) electrons. The number of urea groups is 1. The standard InChI is InChI=1S/C15H24N4O4S/c1-11(2)10-17-15(21)16-7-8-24(22,23)19-14-6-4-5-13(9-14)18-12(3)20/h4-6,9,11,19H,7-8,10H2,1-3H3,(H,18,20)(H2,16,17,21). The van der Waals surface area contributed by atoms with Crippen LogP contribution < -0.4 is 20.7 Å². The number of hydrogen-bond acceptors (Lipinski definition) is 4. The number of sulfonamides is 1. The molecule has 4 N–H and O–H groups in total. The summed E-state index contributed by atoms with van der Waals surface area (Å²) in [6, 6.07) is 5.97. The molecule has 0 aliphatic carbocycles. The van der Waals surface area contributed by atoms with Crippen LogP contribution in [0.1, 0.15) is 20.8 Å². The van der Waals surface area contributed by atoms with E-state index >= 15 is 0 Å². The number of nitrogens with one attached hydrogen (secondary N) is 4. The Morgan fingerprint density at radius 1 is 1.12 bits per heavy atom. The lowest BCUT2D eigenvalue weighted by atomic mass is 10.2. The molecule has 0 atom stereocenters. The lowest BCUT2D eigenvalue weighted by Gasteiger charge is -2.11. The van der Waals surface area contributed by atoms with Crippen molar-refractivity contribution in [3.05, 3.63) is 24.3 Å². The molecule has 9 heteroatoms. The van der Waals surface area contributed by atoms with Gasteiger partial charge in [-0.1, -0.05) is 19.9 Å². The third-order valence-corrected chi connectivity index (χ3v) is 4.07. The number of amides is 3. The van der Waals surface area contributed by atoms with E-state index in [2.05, 4.69) is 20.7 Å². The van der Waals surface area contributed by atoms with Crippen molar-refractivity contribution in [2.24, 2.45) is 5.92 Å². The first kappa shape index (κ1) is 19.8. The quantitative estimate of drug-likeness (QED) is 0.562. The summed E-state index contributed by atoms with van der Waals surface area (Å²) in [5, 5.41) is 7.70. The van der Waals surface area contributed by atoms with E-state index < -0.39 is 16.1 Å². The summed E-state index contributed by atoms with van der Waals surface area (Å²) < 4.78 is 26.4. The van der Waals surface area contributed by atoms with Gasteiger partial charge in [0.25, 0.3) is 0 Å². The van der Waals surface area contributed by atoms with E-state index in [1.807, 2.05) is 13.8 Å². The molecule has 0 spiro atoms. The van der Waals surface area contributed by atoms with Crippen LogP contribution in [0.2, 0.25) is 0 Å². The molecular formula is C15H24N4O4S. The minimum Gasteiger partial charge on any atom is -0.338 e. The van der Waals surface area contributed by atoms with Gasteiger partial charge in [0, 0.05) is 25.7 Å². The van der Waals surface area contributed by atoms with Crippen molar-refractivity contribution in [1.29, 1.82) is 0 Å². The number of rotatable bonds is 8. The molecule has 24 heavy (non-hydrogen) atoms. The first-order valence-electron chi connectivity index (χ1n) is 7.58. The Hall–Kier alpha value is -2.29. The van der Waals surface area contributed by atoms with Crippen LogP contribution in [0.4, 0.5) is 16.2 Å². The van der Waals surface area contributed by atoms with Gasteiger partial charge in [0.05, 0.1) is 11.4 Å². The zero-order valence-corrected chi connectivity index (χ0v) is 14.9. The predicted molar refractivity (Wildman–Crippen MR) is 94.4 cm³/mol. The second-order valence-electron chi connectivity index (χ2n) is 5.71. The molecule has 134 valence electrons. The van der Waals surface area contributed by atoms with Gasteiger partial charge in [-0.3, -0.25) is 9.52 Å². The van der Waals surface area contributed by atoms with Crippen LogP contribution in [0.15, 0.2) is 24.3 Å². The molecule has 1 rings (SSSR count). The molecule has 0 bridgehead atoms. The average molecular weight is 356 g/mol. The number of hydrogen-bond donors (Lipinski definition) is 4. The SMILES string of the molecule is CC(=O)Nc1cccc(NS(=O)(=O)CCNC(=O)NCC(C)C)c1. The lowest BCUT2D eigenvalue weighted by molar-refractivity contribution is -0.114. The molecule has 3 amide bonds. The number of benzene rings is 1. The zero-order valence-electron chi connectivity index (χ0n) is 14.0.